The summed E-state index contributed by atoms with van der Waals surface area (Å²) in [5.74, 6) is 0.638. The Kier molecular flexibility index (Phi) is 4.50. The van der Waals surface area contributed by atoms with E-state index in [-0.39, 0.29) is 11.8 Å². The van der Waals surface area contributed by atoms with Crippen LogP contribution in [0.4, 0.5) is 15.8 Å². The highest BCUT2D eigenvalue weighted by Crippen LogP contribution is 2.29. The molecule has 0 aliphatic carbocycles. The summed E-state index contributed by atoms with van der Waals surface area (Å²) in [5.41, 5.74) is 6.85. The Bertz CT molecular complexity index is 555. The molecule has 0 amide bonds. The minimum atomic E-state index is -0.450. The fourth-order valence-corrected chi connectivity index (χ4v) is 2.01. The normalized spacial score (nSPS) is 12.2. The van der Waals surface area contributed by atoms with Gasteiger partial charge in [0.25, 0.3) is 0 Å². The van der Waals surface area contributed by atoms with Crippen molar-refractivity contribution in [2.75, 3.05) is 17.7 Å². The molecule has 4 nitrogen and oxygen atoms in total. The number of ether oxygens (including phenoxy) is 1. The van der Waals surface area contributed by atoms with Gasteiger partial charge in [-0.3, -0.25) is 0 Å². The Hall–Kier alpha value is -2.17. The van der Waals surface area contributed by atoms with E-state index in [1.54, 1.807) is 12.3 Å². The van der Waals surface area contributed by atoms with Gasteiger partial charge in [0.2, 0.25) is 0 Å². The molecule has 3 N–H and O–H groups in total. The van der Waals surface area contributed by atoms with Crippen molar-refractivity contribution in [3.63, 3.8) is 0 Å². The van der Waals surface area contributed by atoms with E-state index < -0.39 is 5.82 Å². The van der Waals surface area contributed by atoms with Crippen molar-refractivity contribution in [3.05, 3.63) is 42.1 Å². The van der Waals surface area contributed by atoms with Crippen molar-refractivity contribution in [1.29, 1.82) is 0 Å². The van der Waals surface area contributed by atoms with Crippen LogP contribution in [0, 0.1) is 5.82 Å². The fraction of sp³-hybridized carbons (Fsp3) is 0.333. The summed E-state index contributed by atoms with van der Waals surface area (Å²) >= 11 is 0. The zero-order chi connectivity index (χ0) is 14.5. The molecule has 1 atom stereocenters. The smallest absolute Gasteiger partial charge is 0.167 e. The summed E-state index contributed by atoms with van der Waals surface area (Å²) in [6.07, 6.45) is 2.36. The summed E-state index contributed by atoms with van der Waals surface area (Å²) in [4.78, 5) is 0. The second-order valence-electron chi connectivity index (χ2n) is 4.63. The molecule has 5 heteroatoms. The summed E-state index contributed by atoms with van der Waals surface area (Å²) in [6, 6.07) is 6.72. The largest absolute Gasteiger partial charge is 0.491 e. The Morgan fingerprint density at radius 2 is 2.25 bits per heavy atom. The van der Waals surface area contributed by atoms with Crippen LogP contribution >= 0.6 is 0 Å². The minimum Gasteiger partial charge on any atom is -0.491 e. The number of rotatable bonds is 6. The van der Waals surface area contributed by atoms with Gasteiger partial charge in [-0.15, -0.1) is 0 Å². The van der Waals surface area contributed by atoms with Gasteiger partial charge in [0.1, 0.15) is 5.76 Å². The molecular formula is C15H19FN2O2. The molecule has 20 heavy (non-hydrogen) atoms. The summed E-state index contributed by atoms with van der Waals surface area (Å²) in [7, 11) is 0. The number of hydrogen-bond donors (Lipinski definition) is 2. The summed E-state index contributed by atoms with van der Waals surface area (Å²) in [6.45, 7) is 4.22. The van der Waals surface area contributed by atoms with Gasteiger partial charge in [-0.1, -0.05) is 0 Å². The van der Waals surface area contributed by atoms with E-state index in [0.29, 0.717) is 24.4 Å². The van der Waals surface area contributed by atoms with Crippen molar-refractivity contribution in [2.45, 2.75) is 26.3 Å². The van der Waals surface area contributed by atoms with E-state index in [2.05, 4.69) is 5.32 Å². The molecular weight excluding hydrogens is 259 g/mol. The molecule has 1 heterocycles. The lowest BCUT2D eigenvalue weighted by Crippen LogP contribution is -2.19. The van der Waals surface area contributed by atoms with Gasteiger partial charge in [-0.05, 0) is 26.0 Å². The van der Waals surface area contributed by atoms with E-state index in [4.69, 9.17) is 14.9 Å². The van der Waals surface area contributed by atoms with E-state index in [1.165, 1.54) is 6.07 Å². The topological polar surface area (TPSA) is 60.4 Å². The molecule has 0 spiro atoms. The summed E-state index contributed by atoms with van der Waals surface area (Å²) in [5, 5.41) is 3.24. The fourth-order valence-electron chi connectivity index (χ4n) is 2.01. The maximum Gasteiger partial charge on any atom is 0.167 e. The molecule has 108 valence electrons. The third-order valence-electron chi connectivity index (χ3n) is 2.89. The third kappa shape index (κ3) is 3.44. The first-order valence-electron chi connectivity index (χ1n) is 6.61. The molecule has 0 saturated carbocycles. The number of nitrogen functional groups attached to an aromatic ring is 1. The second kappa shape index (κ2) is 6.32. The van der Waals surface area contributed by atoms with Gasteiger partial charge in [0.15, 0.2) is 11.6 Å². The van der Waals surface area contributed by atoms with E-state index in [1.807, 2.05) is 26.0 Å². The average molecular weight is 278 g/mol. The van der Waals surface area contributed by atoms with Crippen molar-refractivity contribution in [2.24, 2.45) is 0 Å². The number of nitrogens with one attached hydrogen (secondary N) is 1. The maximum atomic E-state index is 13.6. The third-order valence-corrected chi connectivity index (χ3v) is 2.89. The molecule has 2 rings (SSSR count). The first-order chi connectivity index (χ1) is 9.60. The molecule has 1 aromatic heterocycles. The van der Waals surface area contributed by atoms with E-state index in [0.717, 1.165) is 5.76 Å². The Labute approximate surface area is 117 Å². The molecule has 0 bridgehead atoms. The first-order valence-corrected chi connectivity index (χ1v) is 6.61. The van der Waals surface area contributed by atoms with Crippen LogP contribution in [0.3, 0.4) is 0 Å². The minimum absolute atomic E-state index is 0.100. The number of nitrogens with two attached hydrogens (primary N) is 1. The monoisotopic (exact) mass is 278 g/mol. The molecule has 0 saturated heterocycles. The van der Waals surface area contributed by atoms with Gasteiger partial charge in [-0.2, -0.15) is 0 Å². The van der Waals surface area contributed by atoms with Gasteiger partial charge >= 0.3 is 0 Å². The number of furan rings is 1. The van der Waals surface area contributed by atoms with Crippen LogP contribution in [0.5, 0.6) is 5.75 Å². The number of benzene rings is 1. The van der Waals surface area contributed by atoms with E-state index in [9.17, 15) is 4.39 Å². The lowest BCUT2D eigenvalue weighted by molar-refractivity contribution is 0.322. The number of halogens is 1. The zero-order valence-corrected chi connectivity index (χ0v) is 11.7. The average Bonchev–Trinajstić information content (AvgIpc) is 2.88. The Morgan fingerprint density at radius 3 is 2.90 bits per heavy atom. The lowest BCUT2D eigenvalue weighted by Gasteiger charge is -2.17. The highest BCUT2D eigenvalue weighted by molar-refractivity contribution is 5.69. The first kappa shape index (κ1) is 14.2. The predicted octanol–water partition coefficient (Wildman–Crippen LogP) is 3.44. The molecule has 0 aliphatic rings. The van der Waals surface area contributed by atoms with Crippen LogP contribution in [0.1, 0.15) is 19.6 Å². The van der Waals surface area contributed by atoms with Gasteiger partial charge < -0.3 is 20.2 Å². The molecule has 0 aliphatic heterocycles. The SMILES string of the molecule is CCOc1cc(NC(C)Cc2ccco2)c(N)cc1F. The van der Waals surface area contributed by atoms with Crippen LogP contribution in [-0.2, 0) is 6.42 Å². The number of anilines is 2. The van der Waals surface area contributed by atoms with Crippen LogP contribution in [0.2, 0.25) is 0 Å². The maximum absolute atomic E-state index is 13.6. The molecule has 2 aromatic rings. The van der Waals surface area contributed by atoms with Crippen molar-refractivity contribution >= 4 is 11.4 Å². The predicted molar refractivity (Wildman–Crippen MR) is 77.5 cm³/mol. The van der Waals surface area contributed by atoms with Gasteiger partial charge in [0, 0.05) is 24.6 Å². The highest BCUT2D eigenvalue weighted by atomic mass is 19.1. The van der Waals surface area contributed by atoms with Crippen LogP contribution in [-0.4, -0.2) is 12.6 Å². The number of hydrogen-bond acceptors (Lipinski definition) is 4. The van der Waals surface area contributed by atoms with Gasteiger partial charge in [-0.25, -0.2) is 4.39 Å². The highest BCUT2D eigenvalue weighted by Gasteiger charge is 2.12. The van der Waals surface area contributed by atoms with Crippen molar-refractivity contribution in [3.8, 4) is 5.75 Å². The van der Waals surface area contributed by atoms with Crippen LogP contribution in [0.15, 0.2) is 34.9 Å². The van der Waals surface area contributed by atoms with Crippen LogP contribution < -0.4 is 15.8 Å². The molecule has 1 aromatic carbocycles. The van der Waals surface area contributed by atoms with Crippen molar-refractivity contribution < 1.29 is 13.5 Å². The quantitative estimate of drug-likeness (QED) is 0.795. The molecule has 0 radical (unpaired) electrons. The van der Waals surface area contributed by atoms with Crippen molar-refractivity contribution in [1.82, 2.24) is 0 Å². The summed E-state index contributed by atoms with van der Waals surface area (Å²) < 4.78 is 24.1. The van der Waals surface area contributed by atoms with Gasteiger partial charge in [0.05, 0.1) is 24.2 Å². The molecule has 1 unspecified atom stereocenters. The second-order valence-corrected chi connectivity index (χ2v) is 4.63. The zero-order valence-electron chi connectivity index (χ0n) is 11.7. The van der Waals surface area contributed by atoms with E-state index >= 15 is 0 Å². The standard InChI is InChI=1S/C15H19FN2O2/c1-3-19-15-9-14(13(17)8-12(15)16)18-10(2)7-11-5-4-6-20-11/h4-6,8-10,18H,3,7,17H2,1-2H3. The Balaban J connectivity index is 2.09. The molecule has 0 fully saturated rings. The Morgan fingerprint density at radius 1 is 1.45 bits per heavy atom. The van der Waals surface area contributed by atoms with Crippen LogP contribution in [0.25, 0.3) is 0 Å². The lowest BCUT2D eigenvalue weighted by atomic mass is 10.1.